The number of nitrogens with one attached hydrogen (secondary N) is 1. The van der Waals surface area contributed by atoms with Crippen molar-refractivity contribution in [3.63, 3.8) is 0 Å². The van der Waals surface area contributed by atoms with Gasteiger partial charge >= 0.3 is 0 Å². The molecule has 5 nitrogen and oxygen atoms in total. The van der Waals surface area contributed by atoms with Gasteiger partial charge in [-0.1, -0.05) is 6.07 Å². The van der Waals surface area contributed by atoms with Crippen molar-refractivity contribution < 1.29 is 9.84 Å². The molecule has 1 heterocycles. The molecular formula is C15H18N2O3. The average molecular weight is 274 g/mol. The van der Waals surface area contributed by atoms with Crippen LogP contribution < -0.4 is 15.5 Å². The fourth-order valence-electron chi connectivity index (χ4n) is 1.99. The van der Waals surface area contributed by atoms with Gasteiger partial charge in [0.1, 0.15) is 5.75 Å². The SMILES string of the molecule is COc1cccc(NCc2c(O)c(=O)cc(C)n2C)c1. The molecule has 0 aliphatic heterocycles. The van der Waals surface area contributed by atoms with Gasteiger partial charge < -0.3 is 19.7 Å². The van der Waals surface area contributed by atoms with Crippen LogP contribution in [0.15, 0.2) is 35.1 Å². The number of hydrogen-bond donors (Lipinski definition) is 2. The summed E-state index contributed by atoms with van der Waals surface area (Å²) in [4.78, 5) is 11.6. The summed E-state index contributed by atoms with van der Waals surface area (Å²) < 4.78 is 6.94. The van der Waals surface area contributed by atoms with Crippen molar-refractivity contribution in [1.29, 1.82) is 0 Å². The van der Waals surface area contributed by atoms with Crippen LogP contribution in [0.1, 0.15) is 11.4 Å². The quantitative estimate of drug-likeness (QED) is 0.895. The first-order valence-corrected chi connectivity index (χ1v) is 6.29. The number of nitrogens with zero attached hydrogens (tertiary/aromatic N) is 1. The molecule has 0 atom stereocenters. The number of pyridine rings is 1. The summed E-state index contributed by atoms with van der Waals surface area (Å²) in [6.07, 6.45) is 0. The first-order valence-electron chi connectivity index (χ1n) is 6.29. The maximum atomic E-state index is 11.6. The molecule has 20 heavy (non-hydrogen) atoms. The van der Waals surface area contributed by atoms with Gasteiger partial charge in [-0.2, -0.15) is 0 Å². The summed E-state index contributed by atoms with van der Waals surface area (Å²) in [5.74, 6) is 0.533. The maximum Gasteiger partial charge on any atom is 0.223 e. The molecule has 0 bridgehead atoms. The number of aryl methyl sites for hydroxylation is 1. The molecule has 0 amide bonds. The van der Waals surface area contributed by atoms with Gasteiger partial charge in [0.25, 0.3) is 0 Å². The molecule has 2 N–H and O–H groups in total. The third-order valence-corrected chi connectivity index (χ3v) is 3.31. The van der Waals surface area contributed by atoms with E-state index in [-0.39, 0.29) is 11.2 Å². The Bertz CT molecular complexity index is 677. The molecule has 0 spiro atoms. The molecule has 106 valence electrons. The average Bonchev–Trinajstić information content (AvgIpc) is 2.45. The number of ether oxygens (including phenoxy) is 1. The monoisotopic (exact) mass is 274 g/mol. The lowest BCUT2D eigenvalue weighted by Gasteiger charge is -2.15. The number of methoxy groups -OCH3 is 1. The Kier molecular flexibility index (Phi) is 3.98. The number of aromatic hydroxyl groups is 1. The number of anilines is 1. The van der Waals surface area contributed by atoms with E-state index in [9.17, 15) is 9.90 Å². The molecular weight excluding hydrogens is 256 g/mol. The summed E-state index contributed by atoms with van der Waals surface area (Å²) in [5, 5.41) is 13.1. The Hall–Kier alpha value is -2.43. The zero-order chi connectivity index (χ0) is 14.7. The van der Waals surface area contributed by atoms with Gasteiger partial charge in [-0.3, -0.25) is 4.79 Å². The van der Waals surface area contributed by atoms with Gasteiger partial charge in [-0.15, -0.1) is 0 Å². The molecule has 1 aromatic carbocycles. The van der Waals surface area contributed by atoms with Crippen molar-refractivity contribution in [1.82, 2.24) is 4.57 Å². The predicted molar refractivity (Wildman–Crippen MR) is 78.4 cm³/mol. The predicted octanol–water partition coefficient (Wildman–Crippen LogP) is 2.02. The Morgan fingerprint density at radius 2 is 2.10 bits per heavy atom. The zero-order valence-electron chi connectivity index (χ0n) is 11.8. The fraction of sp³-hybridized carbons (Fsp3) is 0.267. The van der Waals surface area contributed by atoms with E-state index in [1.165, 1.54) is 6.07 Å². The highest BCUT2D eigenvalue weighted by molar-refractivity contribution is 5.49. The van der Waals surface area contributed by atoms with Crippen LogP contribution in [0.5, 0.6) is 11.5 Å². The van der Waals surface area contributed by atoms with Crippen LogP contribution in [0.25, 0.3) is 0 Å². The summed E-state index contributed by atoms with van der Waals surface area (Å²) >= 11 is 0. The minimum absolute atomic E-state index is 0.214. The number of benzene rings is 1. The summed E-state index contributed by atoms with van der Waals surface area (Å²) in [6.45, 7) is 2.18. The van der Waals surface area contributed by atoms with E-state index in [0.29, 0.717) is 12.2 Å². The van der Waals surface area contributed by atoms with Crippen molar-refractivity contribution in [2.24, 2.45) is 7.05 Å². The lowest BCUT2D eigenvalue weighted by Crippen LogP contribution is -2.16. The van der Waals surface area contributed by atoms with Crippen LogP contribution >= 0.6 is 0 Å². The van der Waals surface area contributed by atoms with Gasteiger partial charge in [0, 0.05) is 30.6 Å². The molecule has 0 saturated carbocycles. The van der Waals surface area contributed by atoms with Crippen LogP contribution in [-0.4, -0.2) is 16.8 Å². The number of aromatic nitrogens is 1. The highest BCUT2D eigenvalue weighted by Gasteiger charge is 2.10. The van der Waals surface area contributed by atoms with Crippen LogP contribution in [0, 0.1) is 6.92 Å². The molecule has 0 saturated heterocycles. The van der Waals surface area contributed by atoms with Crippen LogP contribution in [0.3, 0.4) is 0 Å². The van der Waals surface area contributed by atoms with E-state index >= 15 is 0 Å². The highest BCUT2D eigenvalue weighted by atomic mass is 16.5. The summed E-state index contributed by atoms with van der Waals surface area (Å²) in [6, 6.07) is 8.89. The second-order valence-electron chi connectivity index (χ2n) is 4.59. The minimum atomic E-state index is -0.358. The highest BCUT2D eigenvalue weighted by Crippen LogP contribution is 2.19. The van der Waals surface area contributed by atoms with Crippen LogP contribution in [-0.2, 0) is 13.6 Å². The normalized spacial score (nSPS) is 10.3. The zero-order valence-corrected chi connectivity index (χ0v) is 11.8. The van der Waals surface area contributed by atoms with Gasteiger partial charge in [-0.05, 0) is 19.1 Å². The third-order valence-electron chi connectivity index (χ3n) is 3.31. The van der Waals surface area contributed by atoms with Gasteiger partial charge in [-0.25, -0.2) is 0 Å². The maximum absolute atomic E-state index is 11.6. The first kappa shape index (κ1) is 14.0. The molecule has 0 radical (unpaired) electrons. The van der Waals surface area contributed by atoms with Gasteiger partial charge in [0.15, 0.2) is 5.75 Å². The standard InChI is InChI=1S/C15H18N2O3/c1-10-7-14(18)15(19)13(17(10)2)9-16-11-5-4-6-12(8-11)20-3/h4-8,16,19H,9H2,1-3H3. The van der Waals surface area contributed by atoms with Crippen molar-refractivity contribution in [3.8, 4) is 11.5 Å². The minimum Gasteiger partial charge on any atom is -0.503 e. The van der Waals surface area contributed by atoms with Gasteiger partial charge in [0.05, 0.1) is 19.3 Å². The number of rotatable bonds is 4. The molecule has 0 aliphatic carbocycles. The second kappa shape index (κ2) is 5.69. The molecule has 1 aromatic heterocycles. The molecule has 0 fully saturated rings. The fourth-order valence-corrected chi connectivity index (χ4v) is 1.99. The Morgan fingerprint density at radius 1 is 1.35 bits per heavy atom. The Balaban J connectivity index is 2.25. The van der Waals surface area contributed by atoms with E-state index in [1.54, 1.807) is 11.7 Å². The van der Waals surface area contributed by atoms with Crippen LogP contribution in [0.4, 0.5) is 5.69 Å². The Morgan fingerprint density at radius 3 is 2.80 bits per heavy atom. The molecule has 5 heteroatoms. The van der Waals surface area contributed by atoms with E-state index < -0.39 is 0 Å². The number of hydrogen-bond acceptors (Lipinski definition) is 4. The van der Waals surface area contributed by atoms with E-state index in [4.69, 9.17) is 4.74 Å². The smallest absolute Gasteiger partial charge is 0.223 e. The van der Waals surface area contributed by atoms with Crippen molar-refractivity contribution in [2.45, 2.75) is 13.5 Å². The molecule has 0 unspecified atom stereocenters. The first-order chi connectivity index (χ1) is 9.52. The molecule has 2 aromatic rings. The summed E-state index contributed by atoms with van der Waals surface area (Å²) in [5.41, 5.74) is 1.86. The second-order valence-corrected chi connectivity index (χ2v) is 4.59. The lowest BCUT2D eigenvalue weighted by atomic mass is 10.2. The van der Waals surface area contributed by atoms with Crippen LogP contribution in [0.2, 0.25) is 0 Å². The van der Waals surface area contributed by atoms with Crippen molar-refractivity contribution >= 4 is 5.69 Å². The van der Waals surface area contributed by atoms with E-state index in [0.717, 1.165) is 17.1 Å². The van der Waals surface area contributed by atoms with E-state index in [1.807, 2.05) is 38.2 Å². The summed E-state index contributed by atoms with van der Waals surface area (Å²) in [7, 11) is 3.42. The van der Waals surface area contributed by atoms with Crippen molar-refractivity contribution in [2.75, 3.05) is 12.4 Å². The Labute approximate surface area is 117 Å². The van der Waals surface area contributed by atoms with Gasteiger partial charge in [0.2, 0.25) is 5.43 Å². The third kappa shape index (κ3) is 2.77. The van der Waals surface area contributed by atoms with E-state index in [2.05, 4.69) is 5.32 Å². The topological polar surface area (TPSA) is 63.5 Å². The molecule has 2 rings (SSSR count). The lowest BCUT2D eigenvalue weighted by molar-refractivity contribution is 0.415. The van der Waals surface area contributed by atoms with Crippen molar-refractivity contribution in [3.05, 3.63) is 51.9 Å². The molecule has 0 aliphatic rings. The largest absolute Gasteiger partial charge is 0.503 e.